The number of carbonyl (C=O) groups excluding carboxylic acids is 1. The fourth-order valence-electron chi connectivity index (χ4n) is 1.55. The molecule has 0 heterocycles. The van der Waals surface area contributed by atoms with E-state index < -0.39 is 17.7 Å². The summed E-state index contributed by atoms with van der Waals surface area (Å²) in [4.78, 5) is 11.7. The summed E-state index contributed by atoms with van der Waals surface area (Å²) in [7, 11) is 0. The number of halogens is 4. The highest BCUT2D eigenvalue weighted by atomic mass is 79.9. The lowest BCUT2D eigenvalue weighted by Gasteiger charge is -2.08. The van der Waals surface area contributed by atoms with Gasteiger partial charge in [-0.25, -0.2) is 13.6 Å². The molecule has 0 atom stereocenters. The number of rotatable bonds is 2. The van der Waals surface area contributed by atoms with Crippen LogP contribution in [0.25, 0.3) is 0 Å². The maximum atomic E-state index is 13.0. The van der Waals surface area contributed by atoms with Crippen molar-refractivity contribution >= 4 is 44.9 Å². The van der Waals surface area contributed by atoms with E-state index in [1.807, 2.05) is 0 Å². The van der Waals surface area contributed by atoms with Crippen molar-refractivity contribution in [2.45, 2.75) is 0 Å². The summed E-state index contributed by atoms with van der Waals surface area (Å²) in [6.07, 6.45) is 0. The van der Waals surface area contributed by atoms with Crippen LogP contribution < -0.4 is 10.6 Å². The third kappa shape index (κ3) is 4.18. The minimum absolute atomic E-state index is 0.0149. The molecule has 7 heteroatoms. The van der Waals surface area contributed by atoms with Gasteiger partial charge in [0.05, 0.1) is 0 Å². The molecule has 0 radical (unpaired) electrons. The summed E-state index contributed by atoms with van der Waals surface area (Å²) in [5, 5.41) is 5.26. The Morgan fingerprint density at radius 1 is 0.950 bits per heavy atom. The largest absolute Gasteiger partial charge is 0.323 e. The highest BCUT2D eigenvalue weighted by Gasteiger charge is 2.06. The van der Waals surface area contributed by atoms with Gasteiger partial charge in [0.2, 0.25) is 0 Å². The van der Waals surface area contributed by atoms with Crippen LogP contribution in [0.1, 0.15) is 0 Å². The van der Waals surface area contributed by atoms with Gasteiger partial charge in [0.25, 0.3) is 0 Å². The molecule has 0 fully saturated rings. The first-order valence-corrected chi connectivity index (χ1v) is 6.60. The number of hydrogen-bond acceptors (Lipinski definition) is 1. The van der Waals surface area contributed by atoms with Gasteiger partial charge in [-0.15, -0.1) is 0 Å². The number of anilines is 2. The minimum atomic E-state index is -0.772. The number of hydrogen-bond donors (Lipinski definition) is 2. The zero-order valence-electron chi connectivity index (χ0n) is 9.88. The molecule has 20 heavy (non-hydrogen) atoms. The molecule has 2 aromatic rings. The van der Waals surface area contributed by atoms with Crippen LogP contribution in [0.3, 0.4) is 0 Å². The highest BCUT2D eigenvalue weighted by Crippen LogP contribution is 2.23. The summed E-state index contributed by atoms with van der Waals surface area (Å²) >= 11 is 9.07. The third-order valence-corrected chi connectivity index (χ3v) is 2.92. The van der Waals surface area contributed by atoms with Crippen LogP contribution in [0.4, 0.5) is 25.0 Å². The molecule has 104 valence electrons. The van der Waals surface area contributed by atoms with Gasteiger partial charge in [-0.2, -0.15) is 0 Å². The van der Waals surface area contributed by atoms with E-state index in [4.69, 9.17) is 11.6 Å². The molecule has 0 unspecified atom stereocenters. The number of carbonyl (C=O) groups is 1. The lowest BCUT2D eigenvalue weighted by atomic mass is 10.3. The number of urea groups is 1. The normalized spacial score (nSPS) is 10.2. The summed E-state index contributed by atoms with van der Waals surface area (Å²) in [6, 6.07) is 6.94. The average molecular weight is 362 g/mol. The number of nitrogens with one attached hydrogen (secondary N) is 2. The second-order valence-electron chi connectivity index (χ2n) is 3.90. The SMILES string of the molecule is O=C(Nc1cc(F)cc(F)c1)Nc1cc(Cl)cc(Br)c1. The molecule has 2 amide bonds. The molecular formula is C13H8BrClF2N2O. The Hall–Kier alpha value is -1.66. The fraction of sp³-hybridized carbons (Fsp3) is 0. The van der Waals surface area contributed by atoms with Gasteiger partial charge in [0.15, 0.2) is 0 Å². The Morgan fingerprint density at radius 2 is 1.50 bits per heavy atom. The Kier molecular flexibility index (Phi) is 4.57. The number of benzene rings is 2. The molecule has 0 bridgehead atoms. The first-order chi connectivity index (χ1) is 9.42. The molecule has 0 aliphatic rings. The lowest BCUT2D eigenvalue weighted by molar-refractivity contribution is 0.262. The molecule has 0 aliphatic heterocycles. The zero-order valence-corrected chi connectivity index (χ0v) is 12.2. The van der Waals surface area contributed by atoms with Crippen LogP contribution >= 0.6 is 27.5 Å². The standard InChI is InChI=1S/C13H8BrClF2N2O/c14-7-1-8(15)3-11(2-7)18-13(20)19-12-5-9(16)4-10(17)6-12/h1-6H,(H2,18,19,20). The van der Waals surface area contributed by atoms with E-state index in [0.29, 0.717) is 15.2 Å². The molecule has 2 N–H and O–H groups in total. The van der Waals surface area contributed by atoms with E-state index in [2.05, 4.69) is 26.6 Å². The van der Waals surface area contributed by atoms with Crippen molar-refractivity contribution in [1.82, 2.24) is 0 Å². The van der Waals surface area contributed by atoms with Crippen LogP contribution in [0.5, 0.6) is 0 Å². The summed E-state index contributed by atoms with van der Waals surface area (Å²) in [6.45, 7) is 0. The first-order valence-electron chi connectivity index (χ1n) is 5.42. The van der Waals surface area contributed by atoms with Crippen LogP contribution in [0.2, 0.25) is 5.02 Å². The Bertz CT molecular complexity index is 571. The van der Waals surface area contributed by atoms with Gasteiger partial charge in [-0.1, -0.05) is 27.5 Å². The van der Waals surface area contributed by atoms with E-state index >= 15 is 0 Å². The Morgan fingerprint density at radius 3 is 2.05 bits per heavy atom. The number of amides is 2. The van der Waals surface area contributed by atoms with Crippen molar-refractivity contribution in [3.05, 3.63) is 57.5 Å². The second kappa shape index (κ2) is 6.19. The third-order valence-electron chi connectivity index (χ3n) is 2.24. The molecular weight excluding hydrogens is 354 g/mol. The summed E-state index contributed by atoms with van der Waals surface area (Å²) in [5.74, 6) is -1.54. The molecule has 0 spiro atoms. The van der Waals surface area contributed by atoms with Gasteiger partial charge in [-0.3, -0.25) is 0 Å². The predicted molar refractivity (Wildman–Crippen MR) is 78.2 cm³/mol. The molecule has 2 rings (SSSR count). The monoisotopic (exact) mass is 360 g/mol. The molecule has 0 saturated heterocycles. The van der Waals surface area contributed by atoms with Gasteiger partial charge in [0.1, 0.15) is 11.6 Å². The molecule has 0 aliphatic carbocycles. The maximum absolute atomic E-state index is 13.0. The van der Waals surface area contributed by atoms with Crippen molar-refractivity contribution in [1.29, 1.82) is 0 Å². The topological polar surface area (TPSA) is 41.1 Å². The lowest BCUT2D eigenvalue weighted by Crippen LogP contribution is -2.19. The zero-order chi connectivity index (χ0) is 14.7. The van der Waals surface area contributed by atoms with Crippen molar-refractivity contribution in [3.63, 3.8) is 0 Å². The first kappa shape index (κ1) is 14.7. The van der Waals surface area contributed by atoms with Crippen molar-refractivity contribution in [2.75, 3.05) is 10.6 Å². The minimum Gasteiger partial charge on any atom is -0.308 e. The molecule has 3 nitrogen and oxygen atoms in total. The van der Waals surface area contributed by atoms with Crippen molar-refractivity contribution in [2.24, 2.45) is 0 Å². The van der Waals surface area contributed by atoms with Gasteiger partial charge >= 0.3 is 6.03 Å². The van der Waals surface area contributed by atoms with E-state index in [-0.39, 0.29) is 5.69 Å². The van der Waals surface area contributed by atoms with Crippen molar-refractivity contribution in [3.8, 4) is 0 Å². The fourth-order valence-corrected chi connectivity index (χ4v) is 2.41. The van der Waals surface area contributed by atoms with Crippen LogP contribution in [-0.2, 0) is 0 Å². The van der Waals surface area contributed by atoms with Crippen molar-refractivity contribution < 1.29 is 13.6 Å². The van der Waals surface area contributed by atoms with E-state index in [9.17, 15) is 13.6 Å². The van der Waals surface area contributed by atoms with Crippen LogP contribution in [-0.4, -0.2) is 6.03 Å². The van der Waals surface area contributed by atoms with Gasteiger partial charge in [-0.05, 0) is 30.3 Å². The van der Waals surface area contributed by atoms with E-state index in [0.717, 1.165) is 18.2 Å². The van der Waals surface area contributed by atoms with Gasteiger partial charge in [0, 0.05) is 26.9 Å². The molecule has 0 saturated carbocycles. The molecule has 0 aromatic heterocycles. The molecule has 2 aromatic carbocycles. The maximum Gasteiger partial charge on any atom is 0.323 e. The quantitative estimate of drug-likeness (QED) is 0.774. The van der Waals surface area contributed by atoms with Crippen LogP contribution in [0, 0.1) is 11.6 Å². The van der Waals surface area contributed by atoms with Gasteiger partial charge < -0.3 is 10.6 Å². The smallest absolute Gasteiger partial charge is 0.308 e. The Balaban J connectivity index is 2.08. The Labute approximate surface area is 127 Å². The van der Waals surface area contributed by atoms with E-state index in [1.54, 1.807) is 12.1 Å². The summed E-state index contributed by atoms with van der Waals surface area (Å²) in [5.41, 5.74) is 0.458. The predicted octanol–water partition coefficient (Wildman–Crippen LogP) is 5.02. The average Bonchev–Trinajstić information content (AvgIpc) is 2.24. The van der Waals surface area contributed by atoms with Crippen LogP contribution in [0.15, 0.2) is 40.9 Å². The van der Waals surface area contributed by atoms with E-state index in [1.165, 1.54) is 6.07 Å². The summed E-state index contributed by atoms with van der Waals surface area (Å²) < 4.78 is 26.6. The highest BCUT2D eigenvalue weighted by molar-refractivity contribution is 9.10. The second-order valence-corrected chi connectivity index (χ2v) is 5.25.